The molecule has 0 aliphatic carbocycles. The van der Waals surface area contributed by atoms with E-state index in [1.807, 2.05) is 13.8 Å². The SMILES string of the molecule is CC.O=C(c1cc(F)cc(C(F)(F)F)c1)c1nccc(C(F)(F)F)n1. The second-order valence-electron chi connectivity index (χ2n) is 4.32. The van der Waals surface area contributed by atoms with E-state index < -0.39 is 46.6 Å². The Morgan fingerprint density at radius 3 is 2.08 bits per heavy atom. The van der Waals surface area contributed by atoms with E-state index in [1.165, 1.54) is 0 Å². The van der Waals surface area contributed by atoms with Crippen molar-refractivity contribution in [1.82, 2.24) is 9.97 Å². The van der Waals surface area contributed by atoms with Gasteiger partial charge in [0.1, 0.15) is 11.5 Å². The summed E-state index contributed by atoms with van der Waals surface area (Å²) in [6.45, 7) is 4.00. The molecule has 0 amide bonds. The molecule has 25 heavy (non-hydrogen) atoms. The predicted molar refractivity (Wildman–Crippen MR) is 73.2 cm³/mol. The molecule has 10 heteroatoms. The molecule has 0 radical (unpaired) electrons. The zero-order valence-electron chi connectivity index (χ0n) is 12.8. The zero-order chi connectivity index (χ0) is 19.4. The maximum atomic E-state index is 13.2. The van der Waals surface area contributed by atoms with E-state index in [2.05, 4.69) is 9.97 Å². The van der Waals surface area contributed by atoms with Crippen molar-refractivity contribution in [1.29, 1.82) is 0 Å². The Balaban J connectivity index is 0.00000151. The highest BCUT2D eigenvalue weighted by Gasteiger charge is 2.34. The Labute approximate surface area is 137 Å². The van der Waals surface area contributed by atoms with Gasteiger partial charge in [-0.2, -0.15) is 26.3 Å². The minimum Gasteiger partial charge on any atom is -0.285 e. The van der Waals surface area contributed by atoms with Crippen LogP contribution in [0.25, 0.3) is 0 Å². The first-order valence-electron chi connectivity index (χ1n) is 6.81. The highest BCUT2D eigenvalue weighted by molar-refractivity contribution is 6.06. The van der Waals surface area contributed by atoms with Gasteiger partial charge in [0, 0.05) is 11.8 Å². The Morgan fingerprint density at radius 2 is 1.56 bits per heavy atom. The van der Waals surface area contributed by atoms with Crippen LogP contribution in [0.1, 0.15) is 41.3 Å². The lowest BCUT2D eigenvalue weighted by Crippen LogP contribution is -2.15. The van der Waals surface area contributed by atoms with Gasteiger partial charge >= 0.3 is 12.4 Å². The molecule has 1 aromatic carbocycles. The van der Waals surface area contributed by atoms with E-state index in [0.717, 1.165) is 0 Å². The quantitative estimate of drug-likeness (QED) is 0.559. The van der Waals surface area contributed by atoms with Crippen LogP contribution < -0.4 is 0 Å². The molecule has 1 aromatic heterocycles. The minimum atomic E-state index is -4.92. The number of hydrogen-bond donors (Lipinski definition) is 0. The lowest BCUT2D eigenvalue weighted by molar-refractivity contribution is -0.141. The molecule has 0 aliphatic heterocycles. The fourth-order valence-corrected chi connectivity index (χ4v) is 1.64. The Morgan fingerprint density at radius 1 is 0.960 bits per heavy atom. The third kappa shape index (κ3) is 5.23. The third-order valence-corrected chi connectivity index (χ3v) is 2.64. The first-order chi connectivity index (χ1) is 11.5. The van der Waals surface area contributed by atoms with E-state index in [1.54, 1.807) is 0 Å². The molecule has 1 heterocycles. The lowest BCUT2D eigenvalue weighted by atomic mass is 10.1. The highest BCUT2D eigenvalue weighted by Crippen LogP contribution is 2.31. The number of carbonyl (C=O) groups is 1. The summed E-state index contributed by atoms with van der Waals surface area (Å²) in [5, 5.41) is 0. The van der Waals surface area contributed by atoms with Crippen LogP contribution in [0.2, 0.25) is 0 Å². The average Bonchev–Trinajstić information content (AvgIpc) is 2.54. The fourth-order valence-electron chi connectivity index (χ4n) is 1.64. The van der Waals surface area contributed by atoms with Gasteiger partial charge in [-0.1, -0.05) is 13.8 Å². The van der Waals surface area contributed by atoms with Gasteiger partial charge in [0.25, 0.3) is 0 Å². The number of nitrogens with zero attached hydrogens (tertiary/aromatic N) is 2. The van der Waals surface area contributed by atoms with Gasteiger partial charge in [0.15, 0.2) is 0 Å². The van der Waals surface area contributed by atoms with E-state index in [9.17, 15) is 35.5 Å². The van der Waals surface area contributed by atoms with Crippen molar-refractivity contribution in [3.8, 4) is 0 Å². The molecular weight excluding hydrogens is 357 g/mol. The molecule has 136 valence electrons. The molecule has 0 bridgehead atoms. The van der Waals surface area contributed by atoms with Crippen molar-refractivity contribution in [3.05, 3.63) is 58.9 Å². The van der Waals surface area contributed by atoms with Gasteiger partial charge < -0.3 is 0 Å². The molecule has 0 fully saturated rings. The van der Waals surface area contributed by atoms with Crippen molar-refractivity contribution in [2.24, 2.45) is 0 Å². The van der Waals surface area contributed by atoms with Gasteiger partial charge in [0.2, 0.25) is 11.6 Å². The number of ketones is 1. The smallest absolute Gasteiger partial charge is 0.285 e. The summed E-state index contributed by atoms with van der Waals surface area (Å²) in [6.07, 6.45) is -9.16. The maximum Gasteiger partial charge on any atom is 0.433 e. The summed E-state index contributed by atoms with van der Waals surface area (Å²) >= 11 is 0. The van der Waals surface area contributed by atoms with Gasteiger partial charge in [-0.05, 0) is 24.3 Å². The second kappa shape index (κ2) is 7.58. The van der Waals surface area contributed by atoms with Crippen LogP contribution >= 0.6 is 0 Å². The predicted octanol–water partition coefficient (Wildman–Crippen LogP) is 4.91. The number of halogens is 7. The lowest BCUT2D eigenvalue weighted by Gasteiger charge is -2.09. The number of aromatic nitrogens is 2. The number of alkyl halides is 6. The fraction of sp³-hybridized carbons (Fsp3) is 0.267. The molecule has 0 saturated heterocycles. The summed E-state index contributed by atoms with van der Waals surface area (Å²) in [5.74, 6) is -3.71. The molecule has 0 atom stereocenters. The molecule has 0 aliphatic rings. The summed E-state index contributed by atoms with van der Waals surface area (Å²) in [7, 11) is 0. The van der Waals surface area contributed by atoms with E-state index in [4.69, 9.17) is 0 Å². The summed E-state index contributed by atoms with van der Waals surface area (Å²) < 4.78 is 88.5. The van der Waals surface area contributed by atoms with Crippen molar-refractivity contribution in [3.63, 3.8) is 0 Å². The number of rotatable bonds is 2. The molecule has 2 rings (SSSR count). The average molecular weight is 368 g/mol. The van der Waals surface area contributed by atoms with Crippen LogP contribution in [-0.2, 0) is 12.4 Å². The van der Waals surface area contributed by atoms with Gasteiger partial charge in [0.05, 0.1) is 5.56 Å². The number of benzene rings is 1. The number of hydrogen-bond acceptors (Lipinski definition) is 3. The van der Waals surface area contributed by atoms with Crippen LogP contribution in [0, 0.1) is 5.82 Å². The van der Waals surface area contributed by atoms with Crippen LogP contribution in [0.5, 0.6) is 0 Å². The van der Waals surface area contributed by atoms with Crippen LogP contribution in [0.4, 0.5) is 30.7 Å². The maximum absolute atomic E-state index is 13.2. The van der Waals surface area contributed by atoms with Crippen molar-refractivity contribution < 1.29 is 35.5 Å². The van der Waals surface area contributed by atoms with E-state index >= 15 is 0 Å². The van der Waals surface area contributed by atoms with Crippen LogP contribution in [-0.4, -0.2) is 15.8 Å². The van der Waals surface area contributed by atoms with Gasteiger partial charge in [-0.15, -0.1) is 0 Å². The molecular formula is C15H11F7N2O. The van der Waals surface area contributed by atoms with Crippen LogP contribution in [0.15, 0.2) is 30.5 Å². The molecule has 2 aromatic rings. The minimum absolute atomic E-state index is 0.157. The van der Waals surface area contributed by atoms with E-state index in [0.29, 0.717) is 24.4 Å². The topological polar surface area (TPSA) is 42.9 Å². The number of carbonyl (C=O) groups excluding carboxylic acids is 1. The summed E-state index contributed by atoms with van der Waals surface area (Å²) in [5.41, 5.74) is -3.70. The van der Waals surface area contributed by atoms with Crippen molar-refractivity contribution in [2.45, 2.75) is 26.2 Å². The highest BCUT2D eigenvalue weighted by atomic mass is 19.4. The van der Waals surface area contributed by atoms with E-state index in [-0.39, 0.29) is 6.07 Å². The normalized spacial score (nSPS) is 11.6. The summed E-state index contributed by atoms with van der Waals surface area (Å²) in [6, 6.07) is 1.42. The Bertz CT molecular complexity index is 754. The standard InChI is InChI=1S/C13H5F7N2O.C2H6/c14-8-4-6(3-7(5-8)12(15,16)17)10(23)11-21-2-1-9(22-11)13(18,19)20;1-2/h1-5H;1-2H3. The zero-order valence-corrected chi connectivity index (χ0v) is 12.8. The van der Waals surface area contributed by atoms with Gasteiger partial charge in [-0.25, -0.2) is 14.4 Å². The Hall–Kier alpha value is -2.52. The Kier molecular flexibility index (Phi) is 6.22. The molecule has 0 N–H and O–H groups in total. The largest absolute Gasteiger partial charge is 0.433 e. The third-order valence-electron chi connectivity index (χ3n) is 2.64. The van der Waals surface area contributed by atoms with Gasteiger partial charge in [-0.3, -0.25) is 4.79 Å². The first kappa shape index (κ1) is 20.5. The molecule has 3 nitrogen and oxygen atoms in total. The molecule has 0 spiro atoms. The second-order valence-corrected chi connectivity index (χ2v) is 4.32. The van der Waals surface area contributed by atoms with Crippen molar-refractivity contribution >= 4 is 5.78 Å². The monoisotopic (exact) mass is 368 g/mol. The molecule has 0 saturated carbocycles. The van der Waals surface area contributed by atoms with Crippen molar-refractivity contribution in [2.75, 3.05) is 0 Å². The molecule has 0 unspecified atom stereocenters. The first-order valence-corrected chi connectivity index (χ1v) is 6.81. The van der Waals surface area contributed by atoms with Crippen LogP contribution in [0.3, 0.4) is 0 Å². The summed E-state index contributed by atoms with van der Waals surface area (Å²) in [4.78, 5) is 18.2.